The number of guanidine groups is 1. The van der Waals surface area contributed by atoms with Crippen molar-refractivity contribution in [1.82, 2.24) is 15.5 Å². The van der Waals surface area contributed by atoms with Crippen LogP contribution in [0.25, 0.3) is 0 Å². The van der Waals surface area contributed by atoms with E-state index in [9.17, 15) is 4.79 Å². The van der Waals surface area contributed by atoms with Gasteiger partial charge in [-0.1, -0.05) is 24.3 Å². The van der Waals surface area contributed by atoms with E-state index in [2.05, 4.69) is 21.7 Å². The summed E-state index contributed by atoms with van der Waals surface area (Å²) < 4.78 is 5.29. The van der Waals surface area contributed by atoms with Gasteiger partial charge in [-0.05, 0) is 41.8 Å². The summed E-state index contributed by atoms with van der Waals surface area (Å²) in [5.41, 5.74) is 4.02. The van der Waals surface area contributed by atoms with Crippen LogP contribution >= 0.6 is 24.0 Å². The number of ether oxygens (including phenoxy) is 1. The number of hydrogen-bond donors (Lipinski definition) is 2. The standard InChI is InChI=1S/C21H28N4O2.HI/c1-15-12-17(8-11-19(15)27-5)14-24-21(22-2)23-13-16-6-9-18(10-7-16)20(26)25(3)4;/h6-12H,13-14H2,1-5H3,(H2,22,23,24);1H. The molecule has 2 aromatic carbocycles. The van der Waals surface area contributed by atoms with Gasteiger partial charge in [0.2, 0.25) is 0 Å². The molecule has 2 aromatic rings. The molecule has 0 atom stereocenters. The van der Waals surface area contributed by atoms with Crippen molar-refractivity contribution in [3.8, 4) is 5.75 Å². The second kappa shape index (κ2) is 11.5. The number of nitrogens with zero attached hydrogens (tertiary/aromatic N) is 2. The van der Waals surface area contributed by atoms with Crippen molar-refractivity contribution in [2.45, 2.75) is 20.0 Å². The minimum atomic E-state index is 0. The predicted octanol–water partition coefficient (Wildman–Crippen LogP) is 3.19. The molecule has 0 radical (unpaired) electrons. The summed E-state index contributed by atoms with van der Waals surface area (Å²) >= 11 is 0. The molecular formula is C21H29IN4O2. The molecule has 0 heterocycles. The Morgan fingerprint density at radius 1 is 1.04 bits per heavy atom. The molecule has 0 aliphatic carbocycles. The number of benzene rings is 2. The first-order valence-corrected chi connectivity index (χ1v) is 8.83. The summed E-state index contributed by atoms with van der Waals surface area (Å²) in [6, 6.07) is 13.7. The Hall–Kier alpha value is -2.29. The summed E-state index contributed by atoms with van der Waals surface area (Å²) in [6.07, 6.45) is 0. The lowest BCUT2D eigenvalue weighted by Crippen LogP contribution is -2.36. The molecule has 6 nitrogen and oxygen atoms in total. The van der Waals surface area contributed by atoms with Crippen molar-refractivity contribution in [3.05, 3.63) is 64.7 Å². The van der Waals surface area contributed by atoms with E-state index in [0.29, 0.717) is 18.7 Å². The van der Waals surface area contributed by atoms with Crippen molar-refractivity contribution < 1.29 is 9.53 Å². The highest BCUT2D eigenvalue weighted by Crippen LogP contribution is 2.18. The second-order valence-corrected chi connectivity index (χ2v) is 6.48. The first-order valence-electron chi connectivity index (χ1n) is 8.83. The van der Waals surface area contributed by atoms with E-state index >= 15 is 0 Å². The maximum atomic E-state index is 11.9. The van der Waals surface area contributed by atoms with Crippen molar-refractivity contribution in [2.75, 3.05) is 28.3 Å². The van der Waals surface area contributed by atoms with E-state index in [1.165, 1.54) is 0 Å². The molecule has 28 heavy (non-hydrogen) atoms. The minimum Gasteiger partial charge on any atom is -0.496 e. The fourth-order valence-corrected chi connectivity index (χ4v) is 2.67. The molecule has 0 saturated carbocycles. The third kappa shape index (κ3) is 6.70. The maximum absolute atomic E-state index is 11.9. The number of halogens is 1. The normalized spacial score (nSPS) is 10.7. The Labute approximate surface area is 184 Å². The van der Waals surface area contributed by atoms with Gasteiger partial charge in [-0.15, -0.1) is 24.0 Å². The Balaban J connectivity index is 0.00000392. The molecule has 152 valence electrons. The molecule has 0 fully saturated rings. The number of nitrogens with one attached hydrogen (secondary N) is 2. The van der Waals surface area contributed by atoms with E-state index in [0.717, 1.165) is 28.4 Å². The number of aliphatic imine (C=N–C) groups is 1. The number of carbonyl (C=O) groups is 1. The van der Waals surface area contributed by atoms with Gasteiger partial charge < -0.3 is 20.3 Å². The molecule has 0 aromatic heterocycles. The van der Waals surface area contributed by atoms with Gasteiger partial charge in [-0.25, -0.2) is 0 Å². The monoisotopic (exact) mass is 496 g/mol. The van der Waals surface area contributed by atoms with Crippen LogP contribution in [-0.2, 0) is 13.1 Å². The lowest BCUT2D eigenvalue weighted by molar-refractivity contribution is 0.0827. The Bertz CT molecular complexity index is 805. The van der Waals surface area contributed by atoms with Crippen LogP contribution in [0.2, 0.25) is 0 Å². The van der Waals surface area contributed by atoms with E-state index in [4.69, 9.17) is 4.74 Å². The smallest absolute Gasteiger partial charge is 0.253 e. The zero-order valence-corrected chi connectivity index (χ0v) is 19.4. The summed E-state index contributed by atoms with van der Waals surface area (Å²) in [6.45, 7) is 3.32. The Morgan fingerprint density at radius 2 is 1.61 bits per heavy atom. The lowest BCUT2D eigenvalue weighted by Gasteiger charge is -2.14. The molecule has 7 heteroatoms. The van der Waals surface area contributed by atoms with Crippen LogP contribution in [0, 0.1) is 6.92 Å². The number of methoxy groups -OCH3 is 1. The van der Waals surface area contributed by atoms with Gasteiger partial charge in [0, 0.05) is 39.8 Å². The highest BCUT2D eigenvalue weighted by Gasteiger charge is 2.07. The van der Waals surface area contributed by atoms with Gasteiger partial charge in [-0.2, -0.15) is 0 Å². The lowest BCUT2D eigenvalue weighted by atomic mass is 10.1. The fourth-order valence-electron chi connectivity index (χ4n) is 2.67. The molecule has 2 rings (SSSR count). The molecule has 0 saturated heterocycles. The maximum Gasteiger partial charge on any atom is 0.253 e. The molecule has 0 unspecified atom stereocenters. The van der Waals surface area contributed by atoms with Gasteiger partial charge in [0.1, 0.15) is 5.75 Å². The van der Waals surface area contributed by atoms with E-state index in [1.54, 1.807) is 33.2 Å². The van der Waals surface area contributed by atoms with Crippen LogP contribution in [0.5, 0.6) is 5.75 Å². The fraction of sp³-hybridized carbons (Fsp3) is 0.333. The van der Waals surface area contributed by atoms with E-state index in [-0.39, 0.29) is 29.9 Å². The van der Waals surface area contributed by atoms with Crippen LogP contribution in [0.1, 0.15) is 27.0 Å². The predicted molar refractivity (Wildman–Crippen MR) is 125 cm³/mol. The molecule has 1 amide bonds. The van der Waals surface area contributed by atoms with Gasteiger partial charge in [0.15, 0.2) is 5.96 Å². The first-order chi connectivity index (χ1) is 12.9. The average Bonchev–Trinajstić information content (AvgIpc) is 2.68. The topological polar surface area (TPSA) is 66.0 Å². The molecule has 0 aliphatic rings. The SMILES string of the molecule is CN=C(NCc1ccc(C(=O)N(C)C)cc1)NCc1ccc(OC)c(C)c1.I. The Morgan fingerprint density at radius 3 is 2.11 bits per heavy atom. The van der Waals surface area contributed by atoms with Gasteiger partial charge in [0.05, 0.1) is 7.11 Å². The summed E-state index contributed by atoms with van der Waals surface area (Å²) in [7, 11) is 6.91. The van der Waals surface area contributed by atoms with Crippen LogP contribution in [0.15, 0.2) is 47.5 Å². The van der Waals surface area contributed by atoms with Gasteiger partial charge >= 0.3 is 0 Å². The summed E-state index contributed by atoms with van der Waals surface area (Å²) in [5.74, 6) is 1.61. The number of hydrogen-bond acceptors (Lipinski definition) is 3. The first kappa shape index (κ1) is 23.7. The summed E-state index contributed by atoms with van der Waals surface area (Å²) in [4.78, 5) is 17.7. The van der Waals surface area contributed by atoms with Crippen molar-refractivity contribution >= 4 is 35.8 Å². The molecule has 0 aliphatic heterocycles. The Kier molecular flexibility index (Phi) is 9.78. The number of rotatable bonds is 6. The largest absolute Gasteiger partial charge is 0.496 e. The zero-order valence-electron chi connectivity index (χ0n) is 17.1. The minimum absolute atomic E-state index is 0. The number of carbonyl (C=O) groups excluding carboxylic acids is 1. The molecular weight excluding hydrogens is 467 g/mol. The molecule has 2 N–H and O–H groups in total. The highest BCUT2D eigenvalue weighted by atomic mass is 127. The van der Waals surface area contributed by atoms with Crippen LogP contribution < -0.4 is 15.4 Å². The van der Waals surface area contributed by atoms with Gasteiger partial charge in [0.25, 0.3) is 5.91 Å². The number of amides is 1. The summed E-state index contributed by atoms with van der Waals surface area (Å²) in [5, 5.41) is 6.59. The molecule has 0 spiro atoms. The third-order valence-corrected chi connectivity index (χ3v) is 4.21. The zero-order chi connectivity index (χ0) is 19.8. The number of aryl methyl sites for hydroxylation is 1. The highest BCUT2D eigenvalue weighted by molar-refractivity contribution is 14.0. The third-order valence-electron chi connectivity index (χ3n) is 4.21. The van der Waals surface area contributed by atoms with Crippen molar-refractivity contribution in [1.29, 1.82) is 0 Å². The van der Waals surface area contributed by atoms with Crippen molar-refractivity contribution in [3.63, 3.8) is 0 Å². The second-order valence-electron chi connectivity index (χ2n) is 6.48. The van der Waals surface area contributed by atoms with Crippen molar-refractivity contribution in [2.24, 2.45) is 4.99 Å². The van der Waals surface area contributed by atoms with E-state index < -0.39 is 0 Å². The van der Waals surface area contributed by atoms with Crippen LogP contribution in [-0.4, -0.2) is 45.0 Å². The van der Waals surface area contributed by atoms with Crippen LogP contribution in [0.3, 0.4) is 0 Å². The van der Waals surface area contributed by atoms with Gasteiger partial charge in [-0.3, -0.25) is 9.79 Å². The quantitative estimate of drug-likeness (QED) is 0.367. The molecule has 0 bridgehead atoms. The van der Waals surface area contributed by atoms with E-state index in [1.807, 2.05) is 43.3 Å². The average molecular weight is 496 g/mol. The van der Waals surface area contributed by atoms with Crippen LogP contribution in [0.4, 0.5) is 0 Å².